The van der Waals surface area contributed by atoms with Crippen molar-refractivity contribution in [3.63, 3.8) is 0 Å². The Morgan fingerprint density at radius 2 is 2.23 bits per heavy atom. The van der Waals surface area contributed by atoms with E-state index in [-0.39, 0.29) is 5.82 Å². The van der Waals surface area contributed by atoms with Crippen molar-refractivity contribution in [2.24, 2.45) is 5.73 Å². The third kappa shape index (κ3) is 1.34. The summed E-state index contributed by atoms with van der Waals surface area (Å²) in [5.41, 5.74) is 7.12. The molecule has 2 nitrogen and oxygen atoms in total. The van der Waals surface area contributed by atoms with Gasteiger partial charge in [0, 0.05) is 5.56 Å². The van der Waals surface area contributed by atoms with E-state index in [1.54, 1.807) is 6.07 Å². The van der Waals surface area contributed by atoms with Crippen molar-refractivity contribution in [2.75, 3.05) is 0 Å². The lowest BCUT2D eigenvalue weighted by molar-refractivity contribution is 0.126. The van der Waals surface area contributed by atoms with Gasteiger partial charge < -0.3 is 10.8 Å². The van der Waals surface area contributed by atoms with E-state index < -0.39 is 12.1 Å². The van der Waals surface area contributed by atoms with Crippen molar-refractivity contribution >= 4 is 0 Å². The number of aryl methyl sites for hydroxylation is 1. The molecule has 1 aliphatic carbocycles. The van der Waals surface area contributed by atoms with E-state index in [0.29, 0.717) is 18.4 Å². The molecule has 0 spiro atoms. The molecule has 13 heavy (non-hydrogen) atoms. The van der Waals surface area contributed by atoms with Crippen LogP contribution in [0.15, 0.2) is 18.2 Å². The monoisotopic (exact) mass is 181 g/mol. The number of fused-ring (bicyclic) bond motifs is 1. The molecule has 1 aromatic carbocycles. The van der Waals surface area contributed by atoms with Crippen LogP contribution in [0.2, 0.25) is 0 Å². The van der Waals surface area contributed by atoms with Gasteiger partial charge in [0.1, 0.15) is 5.82 Å². The van der Waals surface area contributed by atoms with Crippen LogP contribution in [0.5, 0.6) is 0 Å². The zero-order valence-electron chi connectivity index (χ0n) is 7.20. The first-order chi connectivity index (χ1) is 6.20. The lowest BCUT2D eigenvalue weighted by atomic mass is 9.86. The molecule has 0 unspecified atom stereocenters. The Hall–Kier alpha value is -0.930. The topological polar surface area (TPSA) is 46.2 Å². The Bertz CT molecular complexity index is 327. The van der Waals surface area contributed by atoms with Crippen molar-refractivity contribution in [1.29, 1.82) is 0 Å². The van der Waals surface area contributed by atoms with Crippen LogP contribution < -0.4 is 5.73 Å². The summed E-state index contributed by atoms with van der Waals surface area (Å²) in [6.45, 7) is 0. The normalized spacial score (nSPS) is 27.0. The van der Waals surface area contributed by atoms with Crippen molar-refractivity contribution < 1.29 is 9.50 Å². The van der Waals surface area contributed by atoms with E-state index in [1.165, 1.54) is 6.07 Å². The Labute approximate surface area is 76.2 Å². The third-order valence-corrected chi connectivity index (χ3v) is 2.60. The van der Waals surface area contributed by atoms with Crippen LogP contribution in [0.4, 0.5) is 4.39 Å². The van der Waals surface area contributed by atoms with Crippen LogP contribution >= 0.6 is 0 Å². The number of benzene rings is 1. The molecule has 0 radical (unpaired) electrons. The van der Waals surface area contributed by atoms with Crippen LogP contribution in [0.1, 0.15) is 23.6 Å². The van der Waals surface area contributed by atoms with Gasteiger partial charge in [-0.15, -0.1) is 0 Å². The summed E-state index contributed by atoms with van der Waals surface area (Å²) in [6.07, 6.45) is 0.726. The Morgan fingerprint density at radius 1 is 1.46 bits per heavy atom. The molecule has 3 N–H and O–H groups in total. The summed E-state index contributed by atoms with van der Waals surface area (Å²) in [4.78, 5) is 0. The predicted molar refractivity (Wildman–Crippen MR) is 47.7 cm³/mol. The fourth-order valence-electron chi connectivity index (χ4n) is 1.85. The molecule has 0 saturated heterocycles. The molecular formula is C10H12FNO. The zero-order chi connectivity index (χ0) is 9.42. The Kier molecular flexibility index (Phi) is 2.06. The molecule has 0 aromatic heterocycles. The Morgan fingerprint density at radius 3 is 3.00 bits per heavy atom. The lowest BCUT2D eigenvalue weighted by Gasteiger charge is -2.27. The van der Waals surface area contributed by atoms with E-state index >= 15 is 0 Å². The minimum atomic E-state index is -0.607. The molecule has 0 aliphatic heterocycles. The first kappa shape index (κ1) is 8.66. The summed E-state index contributed by atoms with van der Waals surface area (Å²) in [5, 5.41) is 9.46. The maximum atomic E-state index is 13.3. The second kappa shape index (κ2) is 3.09. The van der Waals surface area contributed by atoms with Crippen LogP contribution in [-0.2, 0) is 6.42 Å². The van der Waals surface area contributed by atoms with Gasteiger partial charge in [0.15, 0.2) is 0 Å². The zero-order valence-corrected chi connectivity index (χ0v) is 7.20. The van der Waals surface area contributed by atoms with E-state index in [0.717, 1.165) is 5.56 Å². The molecule has 0 saturated carbocycles. The summed E-state index contributed by atoms with van der Waals surface area (Å²) in [7, 11) is 0. The van der Waals surface area contributed by atoms with E-state index in [2.05, 4.69) is 0 Å². The number of halogens is 1. The molecule has 0 fully saturated rings. The summed E-state index contributed by atoms with van der Waals surface area (Å²) >= 11 is 0. The van der Waals surface area contributed by atoms with Crippen LogP contribution in [0, 0.1) is 5.82 Å². The van der Waals surface area contributed by atoms with Gasteiger partial charge in [-0.05, 0) is 24.5 Å². The van der Waals surface area contributed by atoms with Gasteiger partial charge in [-0.1, -0.05) is 12.1 Å². The van der Waals surface area contributed by atoms with Crippen molar-refractivity contribution in [1.82, 2.24) is 0 Å². The van der Waals surface area contributed by atoms with E-state index in [1.807, 2.05) is 6.07 Å². The van der Waals surface area contributed by atoms with Gasteiger partial charge in [0.2, 0.25) is 0 Å². The highest BCUT2D eigenvalue weighted by Gasteiger charge is 2.27. The van der Waals surface area contributed by atoms with Crippen LogP contribution in [0.25, 0.3) is 0 Å². The average Bonchev–Trinajstić information content (AvgIpc) is 2.12. The number of aliphatic hydroxyl groups is 1. The number of hydrogen-bond acceptors (Lipinski definition) is 2. The minimum absolute atomic E-state index is 0.302. The van der Waals surface area contributed by atoms with E-state index in [9.17, 15) is 9.50 Å². The molecule has 2 atom stereocenters. The van der Waals surface area contributed by atoms with Crippen molar-refractivity contribution in [3.8, 4) is 0 Å². The SMILES string of the molecule is N[C@@H]1c2c(F)cccc2CC[C@H]1O. The fraction of sp³-hybridized carbons (Fsp3) is 0.400. The molecule has 2 rings (SSSR count). The summed E-state index contributed by atoms with van der Waals surface area (Å²) in [5.74, 6) is -0.302. The minimum Gasteiger partial charge on any atom is -0.391 e. The number of rotatable bonds is 0. The second-order valence-corrected chi connectivity index (χ2v) is 3.44. The molecule has 0 bridgehead atoms. The molecule has 3 heteroatoms. The predicted octanol–water partition coefficient (Wildman–Crippen LogP) is 1.13. The first-order valence-corrected chi connectivity index (χ1v) is 4.41. The lowest BCUT2D eigenvalue weighted by Crippen LogP contribution is -2.32. The van der Waals surface area contributed by atoms with Gasteiger partial charge in [-0.25, -0.2) is 4.39 Å². The average molecular weight is 181 g/mol. The number of nitrogens with two attached hydrogens (primary N) is 1. The summed E-state index contributed by atoms with van der Waals surface area (Å²) in [6, 6.07) is 4.37. The maximum Gasteiger partial charge on any atom is 0.128 e. The molecule has 1 aromatic rings. The number of aliphatic hydroxyl groups excluding tert-OH is 1. The molecule has 70 valence electrons. The van der Waals surface area contributed by atoms with Gasteiger partial charge in [0.25, 0.3) is 0 Å². The Balaban J connectivity index is 2.51. The maximum absolute atomic E-state index is 13.3. The third-order valence-electron chi connectivity index (χ3n) is 2.60. The van der Waals surface area contributed by atoms with E-state index in [4.69, 9.17) is 5.73 Å². The first-order valence-electron chi connectivity index (χ1n) is 4.41. The fourth-order valence-corrected chi connectivity index (χ4v) is 1.85. The van der Waals surface area contributed by atoms with Crippen molar-refractivity contribution in [2.45, 2.75) is 25.0 Å². The highest BCUT2D eigenvalue weighted by Crippen LogP contribution is 2.29. The number of hydrogen-bond donors (Lipinski definition) is 2. The highest BCUT2D eigenvalue weighted by atomic mass is 19.1. The largest absolute Gasteiger partial charge is 0.391 e. The smallest absolute Gasteiger partial charge is 0.128 e. The molecule has 0 heterocycles. The standard InChI is InChI=1S/C10H12FNO/c11-7-3-1-2-6-4-5-8(13)10(12)9(6)7/h1-3,8,10,13H,4-5,12H2/t8-,10+/m1/s1. The second-order valence-electron chi connectivity index (χ2n) is 3.44. The highest BCUT2D eigenvalue weighted by molar-refractivity contribution is 5.34. The molecular weight excluding hydrogens is 169 g/mol. The van der Waals surface area contributed by atoms with Crippen LogP contribution in [0.3, 0.4) is 0 Å². The molecule has 1 aliphatic rings. The summed E-state index contributed by atoms with van der Waals surface area (Å²) < 4.78 is 13.3. The van der Waals surface area contributed by atoms with Crippen LogP contribution in [-0.4, -0.2) is 11.2 Å². The quantitative estimate of drug-likeness (QED) is 0.630. The van der Waals surface area contributed by atoms with Gasteiger partial charge in [-0.2, -0.15) is 0 Å². The van der Waals surface area contributed by atoms with Crippen molar-refractivity contribution in [3.05, 3.63) is 35.1 Å². The van der Waals surface area contributed by atoms with Gasteiger partial charge in [0.05, 0.1) is 12.1 Å². The molecule has 0 amide bonds. The van der Waals surface area contributed by atoms with Gasteiger partial charge >= 0.3 is 0 Å². The van der Waals surface area contributed by atoms with Gasteiger partial charge in [-0.3, -0.25) is 0 Å².